The summed E-state index contributed by atoms with van der Waals surface area (Å²) in [6.07, 6.45) is 1.25. The van der Waals surface area contributed by atoms with E-state index in [9.17, 15) is 29.3 Å². The third-order valence-corrected chi connectivity index (χ3v) is 8.67. The molecule has 0 aliphatic rings. The number of carbonyl (C=O) groups is 3. The van der Waals surface area contributed by atoms with Crippen LogP contribution in [0.5, 0.6) is 0 Å². The van der Waals surface area contributed by atoms with E-state index in [1.54, 1.807) is 86.2 Å². The van der Waals surface area contributed by atoms with Crippen molar-refractivity contribution in [1.82, 2.24) is 14.7 Å². The minimum Gasteiger partial charge on any atom is -0.321 e. The number of nitro groups is 1. The van der Waals surface area contributed by atoms with Crippen molar-refractivity contribution in [2.75, 3.05) is 10.6 Å². The summed E-state index contributed by atoms with van der Waals surface area (Å²) in [5.41, 5.74) is 1.53. The van der Waals surface area contributed by atoms with Crippen LogP contribution in [0.15, 0.2) is 125 Å². The van der Waals surface area contributed by atoms with Crippen LogP contribution in [0.4, 0.5) is 17.1 Å². The minimum absolute atomic E-state index is 0.134. The number of nitro benzene ring substituents is 1. The molecule has 248 valence electrons. The van der Waals surface area contributed by atoms with E-state index >= 15 is 0 Å². The van der Waals surface area contributed by atoms with E-state index in [0.29, 0.717) is 22.6 Å². The lowest BCUT2D eigenvalue weighted by atomic mass is 10.1. The number of anilines is 2. The van der Waals surface area contributed by atoms with Gasteiger partial charge in [0.15, 0.2) is 0 Å². The predicted molar refractivity (Wildman–Crippen MR) is 190 cm³/mol. The zero-order chi connectivity index (χ0) is 35.1. The molecule has 0 bridgehead atoms. The van der Waals surface area contributed by atoms with E-state index in [1.807, 2.05) is 30.3 Å². The Morgan fingerprint density at radius 2 is 1.47 bits per heavy atom. The first-order valence-electron chi connectivity index (χ1n) is 15.1. The molecule has 5 aromatic rings. The first kappa shape index (κ1) is 34.1. The van der Waals surface area contributed by atoms with Crippen LogP contribution in [-0.2, 0) is 16.6 Å². The van der Waals surface area contributed by atoms with Gasteiger partial charge in [-0.1, -0.05) is 48.5 Å². The Balaban J connectivity index is 1.28. The largest absolute Gasteiger partial charge is 0.321 e. The average molecular weight is 677 g/mol. The van der Waals surface area contributed by atoms with Gasteiger partial charge in [-0.3, -0.25) is 34.0 Å². The van der Waals surface area contributed by atoms with Gasteiger partial charge in [0.1, 0.15) is 11.4 Å². The van der Waals surface area contributed by atoms with Gasteiger partial charge in [0.25, 0.3) is 23.1 Å². The monoisotopic (exact) mass is 676 g/mol. The molecule has 0 aliphatic carbocycles. The van der Waals surface area contributed by atoms with Gasteiger partial charge in [-0.25, -0.2) is 4.68 Å². The zero-order valence-corrected chi connectivity index (χ0v) is 27.6. The second-order valence-electron chi connectivity index (χ2n) is 10.9. The van der Waals surface area contributed by atoms with Crippen LogP contribution in [0.25, 0.3) is 11.8 Å². The second kappa shape index (κ2) is 15.1. The van der Waals surface area contributed by atoms with Gasteiger partial charge in [-0.15, -0.1) is 11.8 Å². The van der Waals surface area contributed by atoms with Crippen molar-refractivity contribution in [2.24, 2.45) is 7.05 Å². The topological polar surface area (TPSA) is 157 Å². The van der Waals surface area contributed by atoms with Crippen LogP contribution < -0.4 is 21.5 Å². The van der Waals surface area contributed by atoms with Gasteiger partial charge in [0.2, 0.25) is 5.91 Å². The minimum atomic E-state index is -0.699. The number of nitrogens with one attached hydrogen (secondary N) is 3. The molecular weight excluding hydrogens is 644 g/mol. The number of aromatic nitrogens is 2. The number of benzene rings is 4. The third kappa shape index (κ3) is 8.03. The van der Waals surface area contributed by atoms with E-state index in [4.69, 9.17) is 0 Å². The highest BCUT2D eigenvalue weighted by Crippen LogP contribution is 2.27. The summed E-state index contributed by atoms with van der Waals surface area (Å²) in [6.45, 7) is 3.48. The molecule has 3 N–H and O–H groups in total. The number of hydrogen-bond acceptors (Lipinski definition) is 7. The smallest absolute Gasteiger partial charge is 0.295 e. The third-order valence-electron chi connectivity index (χ3n) is 7.56. The van der Waals surface area contributed by atoms with E-state index in [1.165, 1.54) is 40.7 Å². The highest BCUT2D eigenvalue weighted by atomic mass is 32.2. The molecule has 0 saturated heterocycles. The number of hydrogen-bond donors (Lipinski definition) is 3. The summed E-state index contributed by atoms with van der Waals surface area (Å²) in [5, 5.41) is 19.1. The standard InChI is InChI=1S/C36H32N6O6S/c1-23-32(36(46)41(40(23)3)28-15-8-5-9-16-28)39-33(43)24(2)49-29-20-18-27(19-21-29)37-35(45)30(38-34(44)25-12-6-4-7-13-25)22-26-14-10-11-17-31(26)42(47)48/h4-22,24H,1-3H3,(H,37,45)(H,38,44)(H,39,43)/b30-22-. The van der Waals surface area contributed by atoms with Gasteiger partial charge in [-0.05, 0) is 74.5 Å². The number of rotatable bonds is 11. The van der Waals surface area contributed by atoms with Gasteiger partial charge in [0, 0.05) is 29.3 Å². The zero-order valence-electron chi connectivity index (χ0n) is 26.7. The molecule has 0 saturated carbocycles. The maximum atomic E-state index is 13.4. The van der Waals surface area contributed by atoms with Crippen LogP contribution >= 0.6 is 11.8 Å². The van der Waals surface area contributed by atoms with Crippen molar-refractivity contribution in [2.45, 2.75) is 24.0 Å². The fourth-order valence-corrected chi connectivity index (χ4v) is 5.75. The average Bonchev–Trinajstić information content (AvgIpc) is 3.32. The molecule has 1 heterocycles. The Hall–Kier alpha value is -6.21. The van der Waals surface area contributed by atoms with E-state index < -0.39 is 22.0 Å². The number of thioether (sulfide) groups is 1. The van der Waals surface area contributed by atoms with E-state index in [0.717, 1.165) is 4.90 Å². The highest BCUT2D eigenvalue weighted by Gasteiger charge is 2.22. The molecular formula is C36H32N6O6S. The molecule has 1 atom stereocenters. The van der Waals surface area contributed by atoms with E-state index in [2.05, 4.69) is 16.0 Å². The van der Waals surface area contributed by atoms with Crippen LogP contribution in [0.3, 0.4) is 0 Å². The normalized spacial score (nSPS) is 11.8. The van der Waals surface area contributed by atoms with Crippen molar-refractivity contribution in [3.8, 4) is 5.69 Å². The maximum absolute atomic E-state index is 13.4. The SMILES string of the molecule is Cc1c(NC(=O)C(C)Sc2ccc(NC(=O)/C(=C/c3ccccc3[N+](=O)[O-])NC(=O)c3ccccc3)cc2)c(=O)n(-c2ccccc2)n1C. The number of amides is 3. The van der Waals surface area contributed by atoms with Crippen molar-refractivity contribution in [1.29, 1.82) is 0 Å². The van der Waals surface area contributed by atoms with E-state index in [-0.39, 0.29) is 34.1 Å². The van der Waals surface area contributed by atoms with Gasteiger partial charge in [-0.2, -0.15) is 0 Å². The van der Waals surface area contributed by atoms with Gasteiger partial charge in [0.05, 0.1) is 27.1 Å². The predicted octanol–water partition coefficient (Wildman–Crippen LogP) is 5.92. The molecule has 0 radical (unpaired) electrons. The molecule has 3 amide bonds. The molecule has 1 aromatic heterocycles. The summed E-state index contributed by atoms with van der Waals surface area (Å²) in [5.74, 6) is -1.62. The first-order chi connectivity index (χ1) is 23.5. The van der Waals surface area contributed by atoms with Crippen LogP contribution in [-0.4, -0.2) is 37.3 Å². The number of para-hydroxylation sites is 2. The van der Waals surface area contributed by atoms with Crippen molar-refractivity contribution in [3.05, 3.63) is 152 Å². The van der Waals surface area contributed by atoms with Crippen LogP contribution in [0, 0.1) is 17.0 Å². The van der Waals surface area contributed by atoms with Gasteiger partial charge < -0.3 is 16.0 Å². The number of carbonyl (C=O) groups excluding carboxylic acids is 3. The fourth-order valence-electron chi connectivity index (χ4n) is 4.88. The summed E-state index contributed by atoms with van der Waals surface area (Å²) in [6, 6.07) is 30.0. The molecule has 1 unspecified atom stereocenters. The molecule has 0 aliphatic heterocycles. The summed E-state index contributed by atoms with van der Waals surface area (Å²) < 4.78 is 3.18. The Morgan fingerprint density at radius 3 is 2.12 bits per heavy atom. The highest BCUT2D eigenvalue weighted by molar-refractivity contribution is 8.00. The second-order valence-corrected chi connectivity index (χ2v) is 12.3. The lowest BCUT2D eigenvalue weighted by Gasteiger charge is -2.13. The first-order valence-corrected chi connectivity index (χ1v) is 16.0. The quantitative estimate of drug-likeness (QED) is 0.0678. The lowest BCUT2D eigenvalue weighted by molar-refractivity contribution is -0.385. The Bertz CT molecular complexity index is 2110. The van der Waals surface area contributed by atoms with Crippen molar-refractivity contribution in [3.63, 3.8) is 0 Å². The van der Waals surface area contributed by atoms with Crippen LogP contribution in [0.1, 0.15) is 28.5 Å². The molecule has 4 aromatic carbocycles. The summed E-state index contributed by atoms with van der Waals surface area (Å²) in [4.78, 5) is 64.4. The van der Waals surface area contributed by atoms with Crippen LogP contribution in [0.2, 0.25) is 0 Å². The molecule has 5 rings (SSSR count). The molecule has 0 fully saturated rings. The van der Waals surface area contributed by atoms with Crippen molar-refractivity contribution < 1.29 is 19.3 Å². The molecule has 49 heavy (non-hydrogen) atoms. The summed E-state index contributed by atoms with van der Waals surface area (Å²) in [7, 11) is 1.75. The Morgan fingerprint density at radius 1 is 0.857 bits per heavy atom. The Labute approximate surface area is 285 Å². The van der Waals surface area contributed by atoms with Gasteiger partial charge >= 0.3 is 0 Å². The fraction of sp³-hybridized carbons (Fsp3) is 0.111. The summed E-state index contributed by atoms with van der Waals surface area (Å²) >= 11 is 1.26. The number of nitrogens with zero attached hydrogens (tertiary/aromatic N) is 3. The maximum Gasteiger partial charge on any atom is 0.295 e. The molecule has 12 nitrogen and oxygen atoms in total. The molecule has 0 spiro atoms. The molecule has 13 heteroatoms. The Kier molecular flexibility index (Phi) is 10.5. The van der Waals surface area contributed by atoms with Crippen molar-refractivity contribution >= 4 is 52.6 Å². The lowest BCUT2D eigenvalue weighted by Crippen LogP contribution is -2.30.